The summed E-state index contributed by atoms with van der Waals surface area (Å²) in [5.74, 6) is 2.74. The van der Waals surface area contributed by atoms with E-state index >= 15 is 0 Å². The second kappa shape index (κ2) is 7.31. The number of nitrogens with zero attached hydrogens (tertiary/aromatic N) is 2. The minimum Gasteiger partial charge on any atom is -0.349 e. The van der Waals surface area contributed by atoms with Crippen LogP contribution in [0.25, 0.3) is 0 Å². The van der Waals surface area contributed by atoms with Gasteiger partial charge in [-0.2, -0.15) is 0 Å². The third-order valence-corrected chi connectivity index (χ3v) is 3.77. The van der Waals surface area contributed by atoms with Crippen LogP contribution in [0.1, 0.15) is 32.1 Å². The third-order valence-electron chi connectivity index (χ3n) is 2.71. The summed E-state index contributed by atoms with van der Waals surface area (Å²) in [6.45, 7) is 9.19. The van der Waals surface area contributed by atoms with Crippen molar-refractivity contribution in [3.8, 4) is 12.3 Å². The van der Waals surface area contributed by atoms with Crippen LogP contribution in [-0.2, 0) is 6.54 Å². The first kappa shape index (κ1) is 14.0. The fourth-order valence-corrected chi connectivity index (χ4v) is 2.55. The van der Waals surface area contributed by atoms with Crippen molar-refractivity contribution in [3.63, 3.8) is 0 Å². The van der Waals surface area contributed by atoms with E-state index in [0.717, 1.165) is 31.2 Å². The van der Waals surface area contributed by atoms with Gasteiger partial charge in [0.15, 0.2) is 5.13 Å². The highest BCUT2D eigenvalue weighted by atomic mass is 32.1. The number of nitrogens with one attached hydrogen (secondary N) is 1. The zero-order valence-electron chi connectivity index (χ0n) is 10.9. The first-order valence-corrected chi connectivity index (χ1v) is 6.95. The van der Waals surface area contributed by atoms with Gasteiger partial charge >= 0.3 is 0 Å². The molecule has 4 heteroatoms. The summed E-state index contributed by atoms with van der Waals surface area (Å²) >= 11 is 1.74. The van der Waals surface area contributed by atoms with E-state index in [4.69, 9.17) is 6.42 Å². The lowest BCUT2D eigenvalue weighted by molar-refractivity contribution is 0.596. The summed E-state index contributed by atoms with van der Waals surface area (Å²) in [7, 11) is 0. The second-order valence-electron chi connectivity index (χ2n) is 3.79. The standard InChI is InChI=1S/C13H21N3S/c1-5-11(6-2)14-9-12-10-15-13(17-12)16(7-3)8-4/h1,10-11,14H,6-9H2,2-4H3. The Hall–Kier alpha value is -1.05. The van der Waals surface area contributed by atoms with Crippen LogP contribution < -0.4 is 10.2 Å². The second-order valence-corrected chi connectivity index (χ2v) is 4.88. The molecule has 94 valence electrons. The van der Waals surface area contributed by atoms with Crippen molar-refractivity contribution >= 4 is 16.5 Å². The molecule has 0 saturated heterocycles. The van der Waals surface area contributed by atoms with Gasteiger partial charge in [-0.25, -0.2) is 4.98 Å². The molecule has 1 aromatic heterocycles. The van der Waals surface area contributed by atoms with Gasteiger partial charge in [0, 0.05) is 30.7 Å². The van der Waals surface area contributed by atoms with Crippen LogP contribution in [0.2, 0.25) is 0 Å². The van der Waals surface area contributed by atoms with Crippen LogP contribution in [-0.4, -0.2) is 24.1 Å². The molecule has 3 nitrogen and oxygen atoms in total. The quantitative estimate of drug-likeness (QED) is 0.755. The Morgan fingerprint density at radius 1 is 1.47 bits per heavy atom. The molecular formula is C13H21N3S. The molecule has 0 amide bonds. The predicted molar refractivity (Wildman–Crippen MR) is 75.4 cm³/mol. The molecule has 1 heterocycles. The van der Waals surface area contributed by atoms with Gasteiger partial charge in [-0.3, -0.25) is 5.32 Å². The van der Waals surface area contributed by atoms with E-state index in [1.54, 1.807) is 11.3 Å². The van der Waals surface area contributed by atoms with Crippen LogP contribution in [0.4, 0.5) is 5.13 Å². The van der Waals surface area contributed by atoms with Crippen LogP contribution >= 0.6 is 11.3 Å². The molecule has 0 saturated carbocycles. The molecule has 0 aliphatic heterocycles. The van der Waals surface area contributed by atoms with Gasteiger partial charge in [0.2, 0.25) is 0 Å². The molecule has 1 rings (SSSR count). The van der Waals surface area contributed by atoms with E-state index in [1.807, 2.05) is 6.20 Å². The molecule has 1 aromatic rings. The zero-order chi connectivity index (χ0) is 12.7. The molecule has 0 radical (unpaired) electrons. The fraction of sp³-hybridized carbons (Fsp3) is 0.615. The average Bonchev–Trinajstić information content (AvgIpc) is 2.81. The molecule has 0 fully saturated rings. The van der Waals surface area contributed by atoms with Gasteiger partial charge in [0.05, 0.1) is 6.04 Å². The van der Waals surface area contributed by atoms with Crippen molar-refractivity contribution in [1.82, 2.24) is 10.3 Å². The van der Waals surface area contributed by atoms with Crippen LogP contribution in [0, 0.1) is 12.3 Å². The normalized spacial score (nSPS) is 12.1. The van der Waals surface area contributed by atoms with Crippen LogP contribution in [0.15, 0.2) is 6.20 Å². The van der Waals surface area contributed by atoms with Crippen LogP contribution in [0.3, 0.4) is 0 Å². The number of thiazole rings is 1. The molecule has 1 unspecified atom stereocenters. The van der Waals surface area contributed by atoms with E-state index in [9.17, 15) is 0 Å². The van der Waals surface area contributed by atoms with E-state index < -0.39 is 0 Å². The Morgan fingerprint density at radius 2 is 2.18 bits per heavy atom. The molecular weight excluding hydrogens is 230 g/mol. The topological polar surface area (TPSA) is 28.2 Å². The number of terminal acetylenes is 1. The maximum Gasteiger partial charge on any atom is 0.185 e. The van der Waals surface area contributed by atoms with Crippen molar-refractivity contribution in [3.05, 3.63) is 11.1 Å². The molecule has 0 spiro atoms. The summed E-state index contributed by atoms with van der Waals surface area (Å²) in [6.07, 6.45) is 8.31. The summed E-state index contributed by atoms with van der Waals surface area (Å²) < 4.78 is 0. The first-order valence-electron chi connectivity index (χ1n) is 6.14. The van der Waals surface area contributed by atoms with E-state index in [1.165, 1.54) is 4.88 Å². The zero-order valence-corrected chi connectivity index (χ0v) is 11.7. The molecule has 0 aromatic carbocycles. The minimum absolute atomic E-state index is 0.161. The number of hydrogen-bond donors (Lipinski definition) is 1. The Kier molecular flexibility index (Phi) is 6.03. The van der Waals surface area contributed by atoms with E-state index in [2.05, 4.69) is 41.9 Å². The Bertz CT molecular complexity index is 363. The van der Waals surface area contributed by atoms with Gasteiger partial charge < -0.3 is 4.90 Å². The highest BCUT2D eigenvalue weighted by Crippen LogP contribution is 2.22. The lowest BCUT2D eigenvalue weighted by Crippen LogP contribution is -2.25. The highest BCUT2D eigenvalue weighted by Gasteiger charge is 2.08. The number of rotatable bonds is 7. The Balaban J connectivity index is 2.54. The number of anilines is 1. The SMILES string of the molecule is C#CC(CC)NCc1cnc(N(CC)CC)s1. The van der Waals surface area contributed by atoms with Gasteiger partial charge in [0.25, 0.3) is 0 Å². The number of aromatic nitrogens is 1. The minimum atomic E-state index is 0.161. The molecule has 0 aliphatic carbocycles. The van der Waals surface area contributed by atoms with Crippen molar-refractivity contribution in [2.45, 2.75) is 39.8 Å². The van der Waals surface area contributed by atoms with E-state index in [-0.39, 0.29) is 6.04 Å². The summed E-state index contributed by atoms with van der Waals surface area (Å²) in [5.41, 5.74) is 0. The highest BCUT2D eigenvalue weighted by molar-refractivity contribution is 7.15. The summed E-state index contributed by atoms with van der Waals surface area (Å²) in [5, 5.41) is 4.44. The van der Waals surface area contributed by atoms with Crippen molar-refractivity contribution < 1.29 is 0 Å². The maximum atomic E-state index is 5.41. The van der Waals surface area contributed by atoms with E-state index in [0.29, 0.717) is 0 Å². The van der Waals surface area contributed by atoms with Gasteiger partial charge in [-0.1, -0.05) is 12.8 Å². The van der Waals surface area contributed by atoms with Gasteiger partial charge in [0.1, 0.15) is 0 Å². The average molecular weight is 251 g/mol. The van der Waals surface area contributed by atoms with Gasteiger partial charge in [-0.15, -0.1) is 17.8 Å². The first-order chi connectivity index (χ1) is 8.24. The Morgan fingerprint density at radius 3 is 2.71 bits per heavy atom. The molecule has 0 bridgehead atoms. The molecule has 1 atom stereocenters. The molecule has 0 aliphatic rings. The van der Waals surface area contributed by atoms with Gasteiger partial charge in [-0.05, 0) is 20.3 Å². The molecule has 17 heavy (non-hydrogen) atoms. The third kappa shape index (κ3) is 4.03. The van der Waals surface area contributed by atoms with Crippen LogP contribution in [0.5, 0.6) is 0 Å². The monoisotopic (exact) mass is 251 g/mol. The molecule has 1 N–H and O–H groups in total. The largest absolute Gasteiger partial charge is 0.349 e. The van der Waals surface area contributed by atoms with Crippen molar-refractivity contribution in [2.75, 3.05) is 18.0 Å². The van der Waals surface area contributed by atoms with Crippen molar-refractivity contribution in [1.29, 1.82) is 0 Å². The smallest absolute Gasteiger partial charge is 0.185 e. The lowest BCUT2D eigenvalue weighted by Gasteiger charge is -2.16. The Labute approximate surface area is 108 Å². The predicted octanol–water partition coefficient (Wildman–Crippen LogP) is 2.49. The summed E-state index contributed by atoms with van der Waals surface area (Å²) in [6, 6.07) is 0.161. The lowest BCUT2D eigenvalue weighted by atomic mass is 10.2. The number of hydrogen-bond acceptors (Lipinski definition) is 4. The maximum absolute atomic E-state index is 5.41. The summed E-state index contributed by atoms with van der Waals surface area (Å²) in [4.78, 5) is 7.93. The van der Waals surface area contributed by atoms with Crippen molar-refractivity contribution in [2.24, 2.45) is 0 Å². The fourth-order valence-electron chi connectivity index (χ4n) is 1.56.